The first-order chi connectivity index (χ1) is 27.7. The van der Waals surface area contributed by atoms with Gasteiger partial charge in [0.1, 0.15) is 22.3 Å². The Labute approximate surface area is 322 Å². The molecule has 3 aromatic heterocycles. The van der Waals surface area contributed by atoms with Gasteiger partial charge in [-0.2, -0.15) is 0 Å². The largest absolute Gasteiger partial charge is 0.456 e. The Kier molecular flexibility index (Phi) is 7.42. The molecule has 0 aliphatic carbocycles. The summed E-state index contributed by atoms with van der Waals surface area (Å²) in [4.78, 5) is 15.2. The van der Waals surface area contributed by atoms with Gasteiger partial charge in [0.25, 0.3) is 0 Å². The molecule has 0 saturated carbocycles. The summed E-state index contributed by atoms with van der Waals surface area (Å²) in [6.45, 7) is 0. The highest BCUT2D eigenvalue weighted by molar-refractivity contribution is 6.12. The molecule has 8 aromatic carbocycles. The van der Waals surface area contributed by atoms with Crippen LogP contribution in [0.1, 0.15) is 0 Å². The molecular weight excluding hydrogens is 687 g/mol. The smallest absolute Gasteiger partial charge is 0.164 e. The lowest BCUT2D eigenvalue weighted by atomic mass is 9.97. The quantitative estimate of drug-likeness (QED) is 0.171. The molecule has 0 amide bonds. The van der Waals surface area contributed by atoms with E-state index < -0.39 is 0 Å². The van der Waals surface area contributed by atoms with Gasteiger partial charge in [-0.05, 0) is 69.8 Å². The van der Waals surface area contributed by atoms with Gasteiger partial charge in [0.15, 0.2) is 17.5 Å². The van der Waals surface area contributed by atoms with E-state index in [1.165, 1.54) is 22.3 Å². The topological polar surface area (TPSA) is 65.0 Å². The average Bonchev–Trinajstić information content (AvgIpc) is 3.85. The standard InChI is InChI=1S/C51H31N3O2/c1-3-10-32(11-4-1)33-18-20-34(21-19-33)35-22-24-36(25-23-35)38-26-29-42-47(30-38)56-45-17-9-15-43(48(42)45)51-53-49(37-12-5-2-6-13-37)52-50(54-51)39-27-28-41-40-14-7-8-16-44(40)55-46(41)31-39/h1-31H. The van der Waals surface area contributed by atoms with E-state index in [1.54, 1.807) is 0 Å². The van der Waals surface area contributed by atoms with E-state index in [-0.39, 0.29) is 0 Å². The molecule has 262 valence electrons. The van der Waals surface area contributed by atoms with E-state index in [0.717, 1.165) is 71.7 Å². The van der Waals surface area contributed by atoms with Crippen LogP contribution >= 0.6 is 0 Å². The van der Waals surface area contributed by atoms with E-state index in [1.807, 2.05) is 72.8 Å². The van der Waals surface area contributed by atoms with Crippen molar-refractivity contribution in [2.45, 2.75) is 0 Å². The van der Waals surface area contributed by atoms with Crippen molar-refractivity contribution in [3.05, 3.63) is 188 Å². The predicted molar refractivity (Wildman–Crippen MR) is 227 cm³/mol. The van der Waals surface area contributed by atoms with Crippen molar-refractivity contribution < 1.29 is 8.83 Å². The maximum absolute atomic E-state index is 6.54. The summed E-state index contributed by atoms with van der Waals surface area (Å²) in [7, 11) is 0. The lowest BCUT2D eigenvalue weighted by Crippen LogP contribution is -2.00. The van der Waals surface area contributed by atoms with Gasteiger partial charge in [-0.3, -0.25) is 0 Å². The highest BCUT2D eigenvalue weighted by Gasteiger charge is 2.19. The zero-order valence-electron chi connectivity index (χ0n) is 30.1. The first-order valence-corrected chi connectivity index (χ1v) is 18.7. The molecule has 0 saturated heterocycles. The number of fused-ring (bicyclic) bond motifs is 6. The second-order valence-corrected chi connectivity index (χ2v) is 14.0. The maximum Gasteiger partial charge on any atom is 0.164 e. The molecule has 5 heteroatoms. The van der Waals surface area contributed by atoms with Crippen LogP contribution in [0.2, 0.25) is 0 Å². The average molecular weight is 718 g/mol. The molecule has 0 spiro atoms. The van der Waals surface area contributed by atoms with E-state index in [2.05, 4.69) is 115 Å². The highest BCUT2D eigenvalue weighted by Crippen LogP contribution is 2.39. The highest BCUT2D eigenvalue weighted by atomic mass is 16.3. The third-order valence-corrected chi connectivity index (χ3v) is 10.6. The van der Waals surface area contributed by atoms with Crippen LogP contribution in [-0.4, -0.2) is 15.0 Å². The molecule has 11 rings (SSSR count). The zero-order chi connectivity index (χ0) is 37.0. The number of furan rings is 2. The van der Waals surface area contributed by atoms with Crippen molar-refractivity contribution in [3.8, 4) is 67.5 Å². The summed E-state index contributed by atoms with van der Waals surface area (Å²) < 4.78 is 12.8. The molecule has 0 N–H and O–H groups in total. The Hall–Kier alpha value is -7.63. The van der Waals surface area contributed by atoms with Crippen molar-refractivity contribution in [3.63, 3.8) is 0 Å². The molecule has 11 aromatic rings. The number of rotatable bonds is 6. The Bertz CT molecular complexity index is 3220. The molecule has 0 fully saturated rings. The summed E-state index contributed by atoms with van der Waals surface area (Å²) in [5.41, 5.74) is 12.8. The van der Waals surface area contributed by atoms with E-state index in [9.17, 15) is 0 Å². The molecule has 5 nitrogen and oxygen atoms in total. The summed E-state index contributed by atoms with van der Waals surface area (Å²) in [6, 6.07) is 64.7. The number of hydrogen-bond acceptors (Lipinski definition) is 5. The number of para-hydroxylation sites is 1. The van der Waals surface area contributed by atoms with Crippen molar-refractivity contribution in [1.82, 2.24) is 15.0 Å². The number of hydrogen-bond donors (Lipinski definition) is 0. The zero-order valence-corrected chi connectivity index (χ0v) is 30.1. The SMILES string of the molecule is c1ccc(-c2ccc(-c3ccc(-c4ccc5c(c4)oc4cccc(-c6nc(-c7ccccc7)nc(-c7ccc8c(c7)oc7ccccc78)n6)c45)cc3)cc2)cc1. The van der Waals surface area contributed by atoms with Crippen LogP contribution in [0, 0.1) is 0 Å². The number of benzene rings is 8. The molecular formula is C51H31N3O2. The Balaban J connectivity index is 0.972. The third kappa shape index (κ3) is 5.53. The van der Waals surface area contributed by atoms with Crippen LogP contribution in [-0.2, 0) is 0 Å². The summed E-state index contributed by atoms with van der Waals surface area (Å²) in [6.07, 6.45) is 0. The fourth-order valence-electron chi connectivity index (χ4n) is 7.74. The van der Waals surface area contributed by atoms with Gasteiger partial charge in [-0.15, -0.1) is 0 Å². The van der Waals surface area contributed by atoms with Crippen molar-refractivity contribution in [1.29, 1.82) is 0 Å². The minimum absolute atomic E-state index is 0.568. The second-order valence-electron chi connectivity index (χ2n) is 14.0. The first kappa shape index (κ1) is 31.9. The monoisotopic (exact) mass is 717 g/mol. The van der Waals surface area contributed by atoms with Gasteiger partial charge >= 0.3 is 0 Å². The summed E-state index contributed by atoms with van der Waals surface area (Å²) in [5.74, 6) is 1.74. The molecule has 0 aliphatic rings. The fraction of sp³-hybridized carbons (Fsp3) is 0. The molecule has 0 unspecified atom stereocenters. The first-order valence-electron chi connectivity index (χ1n) is 18.7. The van der Waals surface area contributed by atoms with Crippen molar-refractivity contribution in [2.75, 3.05) is 0 Å². The van der Waals surface area contributed by atoms with Crippen molar-refractivity contribution in [2.24, 2.45) is 0 Å². The molecule has 56 heavy (non-hydrogen) atoms. The Morgan fingerprint density at radius 3 is 1.43 bits per heavy atom. The van der Waals surface area contributed by atoms with Crippen LogP contribution < -0.4 is 0 Å². The number of aromatic nitrogens is 3. The lowest BCUT2D eigenvalue weighted by molar-refractivity contribution is 0.668. The lowest BCUT2D eigenvalue weighted by Gasteiger charge is -2.09. The number of nitrogens with zero attached hydrogens (tertiary/aromatic N) is 3. The van der Waals surface area contributed by atoms with Crippen molar-refractivity contribution >= 4 is 43.9 Å². The minimum Gasteiger partial charge on any atom is -0.456 e. The van der Waals surface area contributed by atoms with Gasteiger partial charge in [0.2, 0.25) is 0 Å². The normalized spacial score (nSPS) is 11.6. The third-order valence-electron chi connectivity index (χ3n) is 10.6. The molecule has 0 bridgehead atoms. The van der Waals surface area contributed by atoms with Gasteiger partial charge < -0.3 is 8.83 Å². The second kappa shape index (κ2) is 13.0. The fourth-order valence-corrected chi connectivity index (χ4v) is 7.74. The van der Waals surface area contributed by atoms with Crippen LogP contribution in [0.5, 0.6) is 0 Å². The van der Waals surface area contributed by atoms with E-state index in [4.69, 9.17) is 23.8 Å². The molecule has 0 radical (unpaired) electrons. The van der Waals surface area contributed by atoms with Crippen LogP contribution in [0.15, 0.2) is 197 Å². The predicted octanol–water partition coefficient (Wildman–Crippen LogP) is 13.7. The van der Waals surface area contributed by atoms with Gasteiger partial charge in [-0.1, -0.05) is 152 Å². The van der Waals surface area contributed by atoms with E-state index >= 15 is 0 Å². The van der Waals surface area contributed by atoms with E-state index in [0.29, 0.717) is 17.5 Å². The Morgan fingerprint density at radius 1 is 0.268 bits per heavy atom. The van der Waals surface area contributed by atoms with Gasteiger partial charge in [0.05, 0.1) is 0 Å². The molecule has 0 atom stereocenters. The summed E-state index contributed by atoms with van der Waals surface area (Å²) >= 11 is 0. The molecule has 0 aliphatic heterocycles. The van der Waals surface area contributed by atoms with Crippen LogP contribution in [0.4, 0.5) is 0 Å². The molecule has 3 heterocycles. The minimum atomic E-state index is 0.568. The van der Waals surface area contributed by atoms with Gasteiger partial charge in [0, 0.05) is 38.2 Å². The van der Waals surface area contributed by atoms with Gasteiger partial charge in [-0.25, -0.2) is 15.0 Å². The maximum atomic E-state index is 6.54. The van der Waals surface area contributed by atoms with Crippen LogP contribution in [0.3, 0.4) is 0 Å². The Morgan fingerprint density at radius 2 is 0.714 bits per heavy atom. The van der Waals surface area contributed by atoms with Crippen LogP contribution in [0.25, 0.3) is 111 Å². The summed E-state index contributed by atoms with van der Waals surface area (Å²) in [5, 5.41) is 4.10.